The van der Waals surface area contributed by atoms with Crippen molar-refractivity contribution in [2.45, 2.75) is 31.5 Å². The van der Waals surface area contributed by atoms with Crippen molar-refractivity contribution < 1.29 is 32.6 Å². The molecule has 1 aliphatic heterocycles. The van der Waals surface area contributed by atoms with Crippen molar-refractivity contribution in [2.75, 3.05) is 11.9 Å². The van der Waals surface area contributed by atoms with E-state index in [-0.39, 0.29) is 24.1 Å². The Morgan fingerprint density at radius 2 is 2.00 bits per heavy atom. The van der Waals surface area contributed by atoms with Crippen molar-refractivity contribution in [2.24, 2.45) is 0 Å². The van der Waals surface area contributed by atoms with Gasteiger partial charge in [-0.3, -0.25) is 4.79 Å². The monoisotopic (exact) mass is 383 g/mol. The third-order valence-electron chi connectivity index (χ3n) is 4.10. The maximum absolute atomic E-state index is 13.2. The van der Waals surface area contributed by atoms with Crippen LogP contribution in [0.4, 0.5) is 18.9 Å². The zero-order valence-corrected chi connectivity index (χ0v) is 14.0. The Balaban J connectivity index is 1.77. The summed E-state index contributed by atoms with van der Waals surface area (Å²) in [4.78, 5) is 23.0. The molecule has 1 atom stereocenters. The van der Waals surface area contributed by atoms with Crippen LogP contribution in [0.3, 0.4) is 0 Å². The number of nitrogens with zero attached hydrogens (tertiary/aromatic N) is 2. The van der Waals surface area contributed by atoms with E-state index in [4.69, 9.17) is 9.84 Å². The van der Waals surface area contributed by atoms with Gasteiger partial charge in [-0.2, -0.15) is 18.3 Å². The SMILES string of the molecule is O=C(CC1CCCO1)Nc1ccc(-n2ncc(C(=O)O)c2C(F)(F)F)cc1. The van der Waals surface area contributed by atoms with Gasteiger partial charge >= 0.3 is 12.1 Å². The van der Waals surface area contributed by atoms with Gasteiger partial charge in [0.15, 0.2) is 5.69 Å². The van der Waals surface area contributed by atoms with Crippen LogP contribution in [0.15, 0.2) is 30.5 Å². The molecule has 3 rings (SSSR count). The molecular weight excluding hydrogens is 367 g/mol. The van der Waals surface area contributed by atoms with Crippen LogP contribution in [-0.4, -0.2) is 39.5 Å². The molecule has 0 saturated carbocycles. The van der Waals surface area contributed by atoms with Gasteiger partial charge in [-0.1, -0.05) is 0 Å². The highest BCUT2D eigenvalue weighted by atomic mass is 19.4. The molecule has 0 bridgehead atoms. The van der Waals surface area contributed by atoms with Crippen LogP contribution in [0.25, 0.3) is 5.69 Å². The molecule has 0 aliphatic carbocycles. The van der Waals surface area contributed by atoms with Crippen LogP contribution in [-0.2, 0) is 15.7 Å². The van der Waals surface area contributed by atoms with Gasteiger partial charge in [0.2, 0.25) is 5.91 Å². The number of benzene rings is 1. The fraction of sp³-hybridized carbons (Fsp3) is 0.353. The molecule has 1 aliphatic rings. The number of carbonyl (C=O) groups excluding carboxylic acids is 1. The number of rotatable bonds is 5. The smallest absolute Gasteiger partial charge is 0.434 e. The summed E-state index contributed by atoms with van der Waals surface area (Å²) >= 11 is 0. The molecule has 0 radical (unpaired) electrons. The predicted octanol–water partition coefficient (Wildman–Crippen LogP) is 3.10. The molecular formula is C17H16F3N3O4. The van der Waals surface area contributed by atoms with Crippen LogP contribution in [0.5, 0.6) is 0 Å². The fourth-order valence-electron chi connectivity index (χ4n) is 2.88. The average molecular weight is 383 g/mol. The lowest BCUT2D eigenvalue weighted by Gasteiger charge is -2.13. The minimum Gasteiger partial charge on any atom is -0.478 e. The Kier molecular flexibility index (Phi) is 5.17. The summed E-state index contributed by atoms with van der Waals surface area (Å²) in [6.07, 6.45) is -2.41. The van der Waals surface area contributed by atoms with Crippen molar-refractivity contribution >= 4 is 17.6 Å². The van der Waals surface area contributed by atoms with Crippen LogP contribution in [0.2, 0.25) is 0 Å². The largest absolute Gasteiger partial charge is 0.478 e. The summed E-state index contributed by atoms with van der Waals surface area (Å²) in [6, 6.07) is 5.47. The van der Waals surface area contributed by atoms with E-state index >= 15 is 0 Å². The van der Waals surface area contributed by atoms with Gasteiger partial charge in [-0.05, 0) is 37.1 Å². The highest BCUT2D eigenvalue weighted by Gasteiger charge is 2.40. The van der Waals surface area contributed by atoms with Crippen molar-refractivity contribution in [1.82, 2.24) is 9.78 Å². The number of aromatic nitrogens is 2. The van der Waals surface area contributed by atoms with E-state index in [0.717, 1.165) is 12.8 Å². The number of anilines is 1. The van der Waals surface area contributed by atoms with Gasteiger partial charge in [-0.15, -0.1) is 0 Å². The Labute approximate surface area is 151 Å². The van der Waals surface area contributed by atoms with E-state index in [9.17, 15) is 22.8 Å². The van der Waals surface area contributed by atoms with Gasteiger partial charge in [0.25, 0.3) is 0 Å². The molecule has 2 aromatic rings. The molecule has 27 heavy (non-hydrogen) atoms. The van der Waals surface area contributed by atoms with E-state index in [2.05, 4.69) is 10.4 Å². The highest BCUT2D eigenvalue weighted by Crippen LogP contribution is 2.33. The molecule has 1 aromatic heterocycles. The lowest BCUT2D eigenvalue weighted by molar-refractivity contribution is -0.143. The number of carboxylic acid groups (broad SMARTS) is 1. The summed E-state index contributed by atoms with van der Waals surface area (Å²) in [6.45, 7) is 0.635. The molecule has 1 aromatic carbocycles. The number of aromatic carboxylic acids is 1. The van der Waals surface area contributed by atoms with Gasteiger partial charge in [0, 0.05) is 12.3 Å². The fourth-order valence-corrected chi connectivity index (χ4v) is 2.88. The van der Waals surface area contributed by atoms with Crippen molar-refractivity contribution in [3.8, 4) is 5.69 Å². The molecule has 10 heteroatoms. The number of carbonyl (C=O) groups is 2. The van der Waals surface area contributed by atoms with E-state index in [0.29, 0.717) is 23.2 Å². The number of carboxylic acids is 1. The third-order valence-corrected chi connectivity index (χ3v) is 4.10. The molecule has 1 unspecified atom stereocenters. The highest BCUT2D eigenvalue weighted by molar-refractivity contribution is 5.91. The third kappa shape index (κ3) is 4.27. The maximum atomic E-state index is 13.2. The second-order valence-electron chi connectivity index (χ2n) is 6.06. The van der Waals surface area contributed by atoms with Crippen LogP contribution < -0.4 is 5.32 Å². The van der Waals surface area contributed by atoms with Crippen LogP contribution >= 0.6 is 0 Å². The Morgan fingerprint density at radius 3 is 2.56 bits per heavy atom. The Hall–Kier alpha value is -2.88. The number of hydrogen-bond donors (Lipinski definition) is 2. The summed E-state index contributed by atoms with van der Waals surface area (Å²) in [5.41, 5.74) is -1.88. The predicted molar refractivity (Wildman–Crippen MR) is 87.7 cm³/mol. The minimum atomic E-state index is -4.89. The molecule has 2 N–H and O–H groups in total. The lowest BCUT2D eigenvalue weighted by Crippen LogP contribution is -2.19. The molecule has 1 saturated heterocycles. The first-order chi connectivity index (χ1) is 12.8. The first kappa shape index (κ1) is 18.9. The zero-order valence-electron chi connectivity index (χ0n) is 14.0. The summed E-state index contributed by atoms with van der Waals surface area (Å²) in [5, 5.41) is 15.1. The van der Waals surface area contributed by atoms with Gasteiger partial charge in [0.1, 0.15) is 5.56 Å². The molecule has 7 nitrogen and oxygen atoms in total. The maximum Gasteiger partial charge on any atom is 0.434 e. The van der Waals surface area contributed by atoms with E-state index in [1.54, 1.807) is 0 Å². The second kappa shape index (κ2) is 7.39. The number of amides is 1. The minimum absolute atomic E-state index is 0.0203. The number of nitrogens with one attached hydrogen (secondary N) is 1. The van der Waals surface area contributed by atoms with Gasteiger partial charge in [0.05, 0.1) is 24.4 Å². The van der Waals surface area contributed by atoms with Gasteiger partial charge in [-0.25, -0.2) is 9.48 Å². The normalized spacial score (nSPS) is 17.1. The topological polar surface area (TPSA) is 93.5 Å². The molecule has 144 valence electrons. The first-order valence-electron chi connectivity index (χ1n) is 8.16. The molecule has 1 amide bonds. The zero-order chi connectivity index (χ0) is 19.6. The Bertz CT molecular complexity index is 840. The lowest BCUT2D eigenvalue weighted by atomic mass is 10.1. The van der Waals surface area contributed by atoms with Crippen molar-refractivity contribution in [3.63, 3.8) is 0 Å². The van der Waals surface area contributed by atoms with E-state index in [1.165, 1.54) is 24.3 Å². The summed E-state index contributed by atoms with van der Waals surface area (Å²) < 4.78 is 45.6. The van der Waals surface area contributed by atoms with Gasteiger partial charge < -0.3 is 15.2 Å². The Morgan fingerprint density at radius 1 is 1.30 bits per heavy atom. The summed E-state index contributed by atoms with van der Waals surface area (Å²) in [5.74, 6) is -1.97. The van der Waals surface area contributed by atoms with Crippen LogP contribution in [0, 0.1) is 0 Å². The number of ether oxygens (including phenoxy) is 1. The van der Waals surface area contributed by atoms with Crippen molar-refractivity contribution in [1.29, 1.82) is 0 Å². The standard InChI is InChI=1S/C17H16F3N3O4/c18-17(19,20)15-13(16(25)26)9-21-23(15)11-5-3-10(4-6-11)22-14(24)8-12-2-1-7-27-12/h3-6,9,12H,1-2,7-8H2,(H,22,24)(H,25,26). The average Bonchev–Trinajstić information content (AvgIpc) is 3.24. The second-order valence-corrected chi connectivity index (χ2v) is 6.06. The first-order valence-corrected chi connectivity index (χ1v) is 8.16. The quantitative estimate of drug-likeness (QED) is 0.828. The number of halogens is 3. The molecule has 1 fully saturated rings. The van der Waals surface area contributed by atoms with E-state index in [1.807, 2.05) is 0 Å². The number of alkyl halides is 3. The van der Waals surface area contributed by atoms with Crippen LogP contribution in [0.1, 0.15) is 35.3 Å². The number of hydrogen-bond acceptors (Lipinski definition) is 4. The van der Waals surface area contributed by atoms with Crippen molar-refractivity contribution in [3.05, 3.63) is 41.7 Å². The van der Waals surface area contributed by atoms with E-state index < -0.39 is 23.4 Å². The summed E-state index contributed by atoms with van der Waals surface area (Å²) in [7, 11) is 0. The molecule has 0 spiro atoms. The molecule has 2 heterocycles.